The quantitative estimate of drug-likeness (QED) is 0.784. The minimum Gasteiger partial charge on any atom is -0.384 e. The molecule has 0 radical (unpaired) electrons. The van der Waals surface area contributed by atoms with Crippen LogP contribution in [0.5, 0.6) is 0 Å². The van der Waals surface area contributed by atoms with Crippen molar-refractivity contribution >= 4 is 0 Å². The number of rotatable bonds is 2. The van der Waals surface area contributed by atoms with E-state index in [9.17, 15) is 0 Å². The predicted molar refractivity (Wildman–Crippen MR) is 69.5 cm³/mol. The molecule has 0 saturated carbocycles. The average Bonchev–Trinajstić information content (AvgIpc) is 2.39. The van der Waals surface area contributed by atoms with Crippen LogP contribution in [0.25, 0.3) is 0 Å². The third-order valence-electron chi connectivity index (χ3n) is 3.12. The normalized spacial score (nSPS) is 16.3. The predicted octanol–water partition coefficient (Wildman–Crippen LogP) is 2.02. The van der Waals surface area contributed by atoms with E-state index in [2.05, 4.69) is 28.9 Å². The first-order valence-corrected chi connectivity index (χ1v) is 6.29. The fraction of sp³-hybridized carbons (Fsp3) is 0.467. The van der Waals surface area contributed by atoms with Crippen molar-refractivity contribution in [1.82, 2.24) is 4.90 Å². The summed E-state index contributed by atoms with van der Waals surface area (Å²) in [6.07, 6.45) is 4.05. The number of nitrogens with zero attached hydrogens (tertiary/aromatic N) is 1. The first kappa shape index (κ1) is 12.2. The summed E-state index contributed by atoms with van der Waals surface area (Å²) in [5.74, 6) is 5.57. The first-order chi connectivity index (χ1) is 8.38. The van der Waals surface area contributed by atoms with Crippen molar-refractivity contribution in [3.05, 3.63) is 35.4 Å². The summed E-state index contributed by atoms with van der Waals surface area (Å²) in [5, 5.41) is 8.62. The molecule has 2 heteroatoms. The van der Waals surface area contributed by atoms with Gasteiger partial charge in [0.1, 0.15) is 6.61 Å². The molecule has 0 aromatic heterocycles. The Hall–Kier alpha value is -1.30. The highest BCUT2D eigenvalue weighted by Crippen LogP contribution is 2.13. The Bertz CT molecular complexity index is 393. The summed E-state index contributed by atoms with van der Waals surface area (Å²) in [6, 6.07) is 8.33. The third kappa shape index (κ3) is 3.89. The van der Waals surface area contributed by atoms with E-state index >= 15 is 0 Å². The monoisotopic (exact) mass is 229 g/mol. The molecule has 1 fully saturated rings. The van der Waals surface area contributed by atoms with Gasteiger partial charge in [0.2, 0.25) is 0 Å². The van der Waals surface area contributed by atoms with Crippen LogP contribution in [0.1, 0.15) is 30.4 Å². The number of likely N-dealkylation sites (tertiary alicyclic amines) is 1. The molecule has 0 spiro atoms. The summed E-state index contributed by atoms with van der Waals surface area (Å²) < 4.78 is 0. The Morgan fingerprint density at radius 3 is 2.41 bits per heavy atom. The molecule has 1 aromatic carbocycles. The van der Waals surface area contributed by atoms with Gasteiger partial charge in [0.25, 0.3) is 0 Å². The SMILES string of the molecule is OCC#Cc1ccc(CN2CCCCC2)cc1. The molecule has 1 saturated heterocycles. The number of piperidine rings is 1. The zero-order chi connectivity index (χ0) is 11.9. The Labute approximate surface area is 103 Å². The zero-order valence-corrected chi connectivity index (χ0v) is 10.2. The van der Waals surface area contributed by atoms with Crippen LogP contribution in [0.3, 0.4) is 0 Å². The van der Waals surface area contributed by atoms with Crippen molar-refractivity contribution in [1.29, 1.82) is 0 Å². The van der Waals surface area contributed by atoms with Crippen molar-refractivity contribution < 1.29 is 5.11 Å². The molecule has 17 heavy (non-hydrogen) atoms. The van der Waals surface area contributed by atoms with Gasteiger partial charge in [-0.3, -0.25) is 4.90 Å². The molecule has 0 aliphatic carbocycles. The van der Waals surface area contributed by atoms with Crippen LogP contribution in [-0.4, -0.2) is 29.7 Å². The lowest BCUT2D eigenvalue weighted by Gasteiger charge is -2.26. The van der Waals surface area contributed by atoms with Crippen LogP contribution in [0.4, 0.5) is 0 Å². The molecule has 0 amide bonds. The topological polar surface area (TPSA) is 23.5 Å². The highest BCUT2D eigenvalue weighted by Gasteiger charge is 2.09. The van der Waals surface area contributed by atoms with Crippen LogP contribution in [0.2, 0.25) is 0 Å². The highest BCUT2D eigenvalue weighted by atomic mass is 16.2. The lowest BCUT2D eigenvalue weighted by molar-refractivity contribution is 0.221. The molecule has 1 heterocycles. The number of hydrogen-bond acceptors (Lipinski definition) is 2. The number of hydrogen-bond donors (Lipinski definition) is 1. The van der Waals surface area contributed by atoms with Crippen molar-refractivity contribution in [2.75, 3.05) is 19.7 Å². The number of aliphatic hydroxyl groups is 1. The van der Waals surface area contributed by atoms with Gasteiger partial charge in [-0.1, -0.05) is 30.4 Å². The number of benzene rings is 1. The highest BCUT2D eigenvalue weighted by molar-refractivity contribution is 5.36. The van der Waals surface area contributed by atoms with Gasteiger partial charge in [-0.2, -0.15) is 0 Å². The molecule has 1 aromatic rings. The second-order valence-electron chi connectivity index (χ2n) is 4.49. The Morgan fingerprint density at radius 1 is 1.06 bits per heavy atom. The van der Waals surface area contributed by atoms with Gasteiger partial charge in [0.05, 0.1) is 0 Å². The second kappa shape index (κ2) is 6.44. The summed E-state index contributed by atoms with van der Waals surface area (Å²) in [5.41, 5.74) is 2.32. The van der Waals surface area contributed by atoms with E-state index in [0.29, 0.717) is 0 Å². The van der Waals surface area contributed by atoms with Crippen LogP contribution in [0, 0.1) is 11.8 Å². The largest absolute Gasteiger partial charge is 0.384 e. The fourth-order valence-corrected chi connectivity index (χ4v) is 2.21. The van der Waals surface area contributed by atoms with Gasteiger partial charge in [-0.05, 0) is 43.6 Å². The van der Waals surface area contributed by atoms with E-state index < -0.39 is 0 Å². The molecule has 1 aliphatic rings. The van der Waals surface area contributed by atoms with E-state index in [1.807, 2.05) is 12.1 Å². The molecular weight excluding hydrogens is 210 g/mol. The molecule has 1 N–H and O–H groups in total. The molecule has 1 aliphatic heterocycles. The molecule has 2 nitrogen and oxygen atoms in total. The minimum absolute atomic E-state index is 0.0739. The van der Waals surface area contributed by atoms with E-state index in [-0.39, 0.29) is 6.61 Å². The third-order valence-corrected chi connectivity index (χ3v) is 3.12. The maximum atomic E-state index is 8.62. The van der Waals surface area contributed by atoms with Crippen molar-refractivity contribution in [2.24, 2.45) is 0 Å². The van der Waals surface area contributed by atoms with Crippen molar-refractivity contribution in [2.45, 2.75) is 25.8 Å². The summed E-state index contributed by atoms with van der Waals surface area (Å²) >= 11 is 0. The summed E-state index contributed by atoms with van der Waals surface area (Å²) in [6.45, 7) is 3.43. The maximum Gasteiger partial charge on any atom is 0.104 e. The molecular formula is C15H19NO. The summed E-state index contributed by atoms with van der Waals surface area (Å²) in [7, 11) is 0. The van der Waals surface area contributed by atoms with Gasteiger partial charge in [0, 0.05) is 12.1 Å². The standard InChI is InChI=1S/C15H19NO/c17-12-4-5-14-6-8-15(9-7-14)13-16-10-2-1-3-11-16/h6-9,17H,1-3,10-13H2. The molecule has 90 valence electrons. The van der Waals surface area contributed by atoms with Gasteiger partial charge in [0.15, 0.2) is 0 Å². The Morgan fingerprint density at radius 2 is 1.76 bits per heavy atom. The molecule has 0 unspecified atom stereocenters. The van der Waals surface area contributed by atoms with Gasteiger partial charge >= 0.3 is 0 Å². The van der Waals surface area contributed by atoms with Crippen LogP contribution < -0.4 is 0 Å². The maximum absolute atomic E-state index is 8.62. The first-order valence-electron chi connectivity index (χ1n) is 6.29. The second-order valence-corrected chi connectivity index (χ2v) is 4.49. The summed E-state index contributed by atoms with van der Waals surface area (Å²) in [4.78, 5) is 2.51. The van der Waals surface area contributed by atoms with Crippen LogP contribution >= 0.6 is 0 Å². The van der Waals surface area contributed by atoms with E-state index in [4.69, 9.17) is 5.11 Å². The Balaban J connectivity index is 1.93. The van der Waals surface area contributed by atoms with Crippen LogP contribution in [-0.2, 0) is 6.54 Å². The van der Waals surface area contributed by atoms with E-state index in [0.717, 1.165) is 12.1 Å². The molecule has 2 rings (SSSR count). The molecule has 0 atom stereocenters. The smallest absolute Gasteiger partial charge is 0.104 e. The lowest BCUT2D eigenvalue weighted by Crippen LogP contribution is -2.29. The van der Waals surface area contributed by atoms with Crippen molar-refractivity contribution in [3.63, 3.8) is 0 Å². The van der Waals surface area contributed by atoms with Crippen LogP contribution in [0.15, 0.2) is 24.3 Å². The molecule has 0 bridgehead atoms. The zero-order valence-electron chi connectivity index (χ0n) is 10.2. The minimum atomic E-state index is -0.0739. The number of aliphatic hydroxyl groups excluding tert-OH is 1. The lowest BCUT2D eigenvalue weighted by atomic mass is 10.1. The van der Waals surface area contributed by atoms with Crippen molar-refractivity contribution in [3.8, 4) is 11.8 Å². The van der Waals surface area contributed by atoms with Gasteiger partial charge < -0.3 is 5.11 Å². The average molecular weight is 229 g/mol. The van der Waals surface area contributed by atoms with E-state index in [1.165, 1.54) is 37.9 Å². The van der Waals surface area contributed by atoms with Gasteiger partial charge in [-0.15, -0.1) is 0 Å². The Kier molecular flexibility index (Phi) is 4.61. The van der Waals surface area contributed by atoms with E-state index in [1.54, 1.807) is 0 Å². The fourth-order valence-electron chi connectivity index (χ4n) is 2.21. The van der Waals surface area contributed by atoms with Gasteiger partial charge in [-0.25, -0.2) is 0 Å².